The summed E-state index contributed by atoms with van der Waals surface area (Å²) in [6, 6.07) is 7.21. The van der Waals surface area contributed by atoms with E-state index in [0.717, 1.165) is 5.56 Å². The van der Waals surface area contributed by atoms with Gasteiger partial charge in [0, 0.05) is 12.3 Å². The number of benzene rings is 1. The van der Waals surface area contributed by atoms with Gasteiger partial charge in [0.2, 0.25) is 5.91 Å². The van der Waals surface area contributed by atoms with Crippen LogP contribution in [0.15, 0.2) is 24.3 Å². The van der Waals surface area contributed by atoms with Crippen molar-refractivity contribution in [1.29, 1.82) is 0 Å². The van der Waals surface area contributed by atoms with Gasteiger partial charge in [0.25, 0.3) is 5.95 Å². The zero-order chi connectivity index (χ0) is 13.9. The molecule has 0 saturated heterocycles. The molecule has 1 aromatic carbocycles. The van der Waals surface area contributed by atoms with Gasteiger partial charge in [-0.05, 0) is 16.8 Å². The molecule has 0 aliphatic carbocycles. The Morgan fingerprint density at radius 1 is 1.45 bits per heavy atom. The van der Waals surface area contributed by atoms with Gasteiger partial charge in [-0.1, -0.05) is 23.3 Å². The Kier molecular flexibility index (Phi) is 3.12. The number of hydrogen-bond donors (Lipinski definition) is 2. The molecule has 1 atom stereocenters. The fraction of sp³-hybridized carbons (Fsp3) is 0.250. The maximum Gasteiger partial charge on any atom is 0.311 e. The van der Waals surface area contributed by atoms with Gasteiger partial charge in [0.1, 0.15) is 5.75 Å². The second-order valence-corrected chi connectivity index (χ2v) is 4.40. The lowest BCUT2D eigenvalue weighted by molar-refractivity contribution is -0.136. The van der Waals surface area contributed by atoms with Gasteiger partial charge in [-0.2, -0.15) is 5.21 Å². The third kappa shape index (κ3) is 2.48. The maximum absolute atomic E-state index is 11.9. The number of anilines is 1. The summed E-state index contributed by atoms with van der Waals surface area (Å²) < 4.78 is 5.14. The first-order chi connectivity index (χ1) is 9.72. The number of aromatic amines is 1. The third-order valence-electron chi connectivity index (χ3n) is 3.02. The Hall–Kier alpha value is -2.77. The van der Waals surface area contributed by atoms with E-state index in [-0.39, 0.29) is 36.6 Å². The number of rotatable bonds is 3. The van der Waals surface area contributed by atoms with Gasteiger partial charge in [0.05, 0.1) is 6.42 Å². The lowest BCUT2D eigenvalue weighted by Crippen LogP contribution is -2.24. The SMILES string of the molecule is O=C(C[C@@H]1CC(=O)Oc2ccccc21)Nc1nn[nH]n1. The minimum absolute atomic E-state index is 0.113. The molecule has 0 radical (unpaired) electrons. The van der Waals surface area contributed by atoms with Crippen LogP contribution in [0.5, 0.6) is 5.75 Å². The van der Waals surface area contributed by atoms with Crippen molar-refractivity contribution in [3.05, 3.63) is 29.8 Å². The molecule has 0 spiro atoms. The van der Waals surface area contributed by atoms with Gasteiger partial charge < -0.3 is 4.74 Å². The van der Waals surface area contributed by atoms with Crippen LogP contribution in [0.2, 0.25) is 0 Å². The molecule has 1 aromatic heterocycles. The zero-order valence-corrected chi connectivity index (χ0v) is 10.4. The van der Waals surface area contributed by atoms with Crippen LogP contribution < -0.4 is 10.1 Å². The van der Waals surface area contributed by atoms with Crippen molar-refractivity contribution in [2.24, 2.45) is 0 Å². The number of carbonyl (C=O) groups is 2. The summed E-state index contributed by atoms with van der Waals surface area (Å²) in [5.41, 5.74) is 0.857. The average Bonchev–Trinajstić information content (AvgIpc) is 2.91. The number of amides is 1. The van der Waals surface area contributed by atoms with E-state index in [4.69, 9.17) is 4.74 Å². The number of tetrazole rings is 1. The van der Waals surface area contributed by atoms with E-state index in [1.54, 1.807) is 12.1 Å². The molecule has 1 aliphatic heterocycles. The summed E-state index contributed by atoms with van der Waals surface area (Å²) in [6.07, 6.45) is 0.331. The standard InChI is InChI=1S/C12H11N5O3/c18-10(13-12-14-16-17-15-12)5-7-6-11(19)20-9-4-2-1-3-8(7)9/h1-4,7H,5-6H2,(H2,13,14,15,16,17,18)/t7-/m1/s1. The first kappa shape index (κ1) is 12.3. The van der Waals surface area contributed by atoms with Crippen molar-refractivity contribution in [2.45, 2.75) is 18.8 Å². The van der Waals surface area contributed by atoms with Gasteiger partial charge in [-0.3, -0.25) is 14.9 Å². The molecule has 8 nitrogen and oxygen atoms in total. The van der Waals surface area contributed by atoms with Crippen molar-refractivity contribution in [1.82, 2.24) is 20.6 Å². The highest BCUT2D eigenvalue weighted by Gasteiger charge is 2.28. The lowest BCUT2D eigenvalue weighted by Gasteiger charge is -2.23. The smallest absolute Gasteiger partial charge is 0.311 e. The molecule has 1 amide bonds. The molecule has 2 heterocycles. The summed E-state index contributed by atoms with van der Waals surface area (Å²) in [7, 11) is 0. The molecule has 102 valence electrons. The Bertz CT molecular complexity index is 640. The molecule has 0 saturated carbocycles. The molecule has 8 heteroatoms. The number of nitrogens with one attached hydrogen (secondary N) is 2. The lowest BCUT2D eigenvalue weighted by atomic mass is 9.90. The third-order valence-corrected chi connectivity index (χ3v) is 3.02. The van der Waals surface area contributed by atoms with Crippen LogP contribution in [0.25, 0.3) is 0 Å². The number of aromatic nitrogens is 4. The van der Waals surface area contributed by atoms with Crippen LogP contribution in [-0.2, 0) is 9.59 Å². The summed E-state index contributed by atoms with van der Waals surface area (Å²) in [5, 5.41) is 15.4. The number of ether oxygens (including phenoxy) is 1. The number of nitrogens with zero attached hydrogens (tertiary/aromatic N) is 3. The van der Waals surface area contributed by atoms with Gasteiger partial charge >= 0.3 is 5.97 Å². The minimum atomic E-state index is -0.332. The first-order valence-electron chi connectivity index (χ1n) is 6.05. The van der Waals surface area contributed by atoms with E-state index < -0.39 is 0 Å². The van der Waals surface area contributed by atoms with Crippen LogP contribution >= 0.6 is 0 Å². The summed E-state index contributed by atoms with van der Waals surface area (Å²) in [4.78, 5) is 23.5. The number of para-hydroxylation sites is 1. The maximum atomic E-state index is 11.9. The van der Waals surface area contributed by atoms with Crippen LogP contribution in [0.3, 0.4) is 0 Å². The second kappa shape index (κ2) is 5.08. The average molecular weight is 273 g/mol. The van der Waals surface area contributed by atoms with E-state index in [1.807, 2.05) is 12.1 Å². The predicted octanol–water partition coefficient (Wildman–Crippen LogP) is 0.621. The van der Waals surface area contributed by atoms with Gasteiger partial charge in [-0.25, -0.2) is 0 Å². The van der Waals surface area contributed by atoms with Crippen molar-refractivity contribution in [3.8, 4) is 5.75 Å². The zero-order valence-electron chi connectivity index (χ0n) is 10.4. The normalized spacial score (nSPS) is 17.2. The Labute approximate surface area is 113 Å². The molecule has 0 bridgehead atoms. The molecule has 1 aliphatic rings. The van der Waals surface area contributed by atoms with Crippen molar-refractivity contribution >= 4 is 17.8 Å². The highest BCUT2D eigenvalue weighted by atomic mass is 16.5. The Balaban J connectivity index is 1.74. The van der Waals surface area contributed by atoms with Crippen LogP contribution in [0.4, 0.5) is 5.95 Å². The highest BCUT2D eigenvalue weighted by molar-refractivity contribution is 5.90. The Morgan fingerprint density at radius 3 is 3.10 bits per heavy atom. The summed E-state index contributed by atoms with van der Waals surface area (Å²) in [5.74, 6) is -0.191. The highest BCUT2D eigenvalue weighted by Crippen LogP contribution is 2.36. The number of hydrogen-bond acceptors (Lipinski definition) is 6. The fourth-order valence-electron chi connectivity index (χ4n) is 2.18. The molecule has 20 heavy (non-hydrogen) atoms. The predicted molar refractivity (Wildman–Crippen MR) is 66.9 cm³/mol. The largest absolute Gasteiger partial charge is 0.426 e. The molecule has 2 N–H and O–H groups in total. The number of carbonyl (C=O) groups excluding carboxylic acids is 2. The quantitative estimate of drug-likeness (QED) is 0.626. The number of fused-ring (bicyclic) bond motifs is 1. The topological polar surface area (TPSA) is 110 Å². The minimum Gasteiger partial charge on any atom is -0.426 e. The van der Waals surface area contributed by atoms with Gasteiger partial charge in [0.15, 0.2) is 0 Å². The molecule has 0 fully saturated rings. The number of H-pyrrole nitrogens is 1. The molecular formula is C12H11N5O3. The van der Waals surface area contributed by atoms with E-state index in [9.17, 15) is 9.59 Å². The monoisotopic (exact) mass is 273 g/mol. The molecule has 3 rings (SSSR count). The fourth-order valence-corrected chi connectivity index (χ4v) is 2.18. The van der Waals surface area contributed by atoms with Crippen LogP contribution in [0, 0.1) is 0 Å². The molecule has 2 aromatic rings. The second-order valence-electron chi connectivity index (χ2n) is 4.40. The number of esters is 1. The summed E-state index contributed by atoms with van der Waals surface area (Å²) >= 11 is 0. The van der Waals surface area contributed by atoms with Crippen LogP contribution in [0.1, 0.15) is 24.3 Å². The van der Waals surface area contributed by atoms with E-state index in [1.165, 1.54) is 0 Å². The van der Waals surface area contributed by atoms with Crippen molar-refractivity contribution < 1.29 is 14.3 Å². The molecule has 0 unspecified atom stereocenters. The van der Waals surface area contributed by atoms with E-state index >= 15 is 0 Å². The summed E-state index contributed by atoms with van der Waals surface area (Å²) in [6.45, 7) is 0. The Morgan fingerprint density at radius 2 is 2.30 bits per heavy atom. The van der Waals surface area contributed by atoms with E-state index in [2.05, 4.69) is 25.9 Å². The van der Waals surface area contributed by atoms with Gasteiger partial charge in [-0.15, -0.1) is 5.10 Å². The molecular weight excluding hydrogens is 262 g/mol. The first-order valence-corrected chi connectivity index (χ1v) is 6.05. The van der Waals surface area contributed by atoms with Crippen molar-refractivity contribution in [2.75, 3.05) is 5.32 Å². The van der Waals surface area contributed by atoms with E-state index in [0.29, 0.717) is 5.75 Å². The van der Waals surface area contributed by atoms with Crippen molar-refractivity contribution in [3.63, 3.8) is 0 Å². The van der Waals surface area contributed by atoms with Crippen LogP contribution in [-0.4, -0.2) is 32.5 Å².